The van der Waals surface area contributed by atoms with Gasteiger partial charge in [-0.2, -0.15) is 0 Å². The summed E-state index contributed by atoms with van der Waals surface area (Å²) in [5.41, 5.74) is 0. The van der Waals surface area contributed by atoms with Crippen molar-refractivity contribution >= 4 is 12.2 Å². The Morgan fingerprint density at radius 2 is 1.90 bits per heavy atom. The number of nitrogens with one attached hydrogen (secondary N) is 1. The molecule has 0 bridgehead atoms. The summed E-state index contributed by atoms with van der Waals surface area (Å²) in [6, 6.07) is 0.254. The Balaban J connectivity index is 2.11. The van der Waals surface area contributed by atoms with Crippen molar-refractivity contribution in [3.63, 3.8) is 0 Å². The van der Waals surface area contributed by atoms with Gasteiger partial charge in [0.1, 0.15) is 6.29 Å². The van der Waals surface area contributed by atoms with Crippen LogP contribution in [0.15, 0.2) is 0 Å². The highest BCUT2D eigenvalue weighted by atomic mass is 16.1. The van der Waals surface area contributed by atoms with Gasteiger partial charge in [-0.15, -0.1) is 0 Å². The van der Waals surface area contributed by atoms with Crippen LogP contribution in [0.1, 0.15) is 78.1 Å². The van der Waals surface area contributed by atoms with Crippen molar-refractivity contribution < 1.29 is 9.59 Å². The lowest BCUT2D eigenvalue weighted by molar-refractivity contribution is -0.125. The zero-order valence-electron chi connectivity index (χ0n) is 13.2. The van der Waals surface area contributed by atoms with Crippen molar-refractivity contribution in [2.75, 3.05) is 0 Å². The minimum atomic E-state index is 0.149. The molecule has 2 unspecified atom stereocenters. The fraction of sp³-hybridized carbons (Fsp3) is 0.882. The standard InChI is InChI=1S/C17H31NO2/c1-14(13-16-10-6-7-11-16)17(20)18-15(2)9-5-3-4-8-12-19/h12,14-16H,3-11,13H2,1-2H3,(H,18,20). The Kier molecular flexibility index (Phi) is 8.56. The summed E-state index contributed by atoms with van der Waals surface area (Å²) < 4.78 is 0. The summed E-state index contributed by atoms with van der Waals surface area (Å²) in [7, 11) is 0. The monoisotopic (exact) mass is 281 g/mol. The summed E-state index contributed by atoms with van der Waals surface area (Å²) in [5.74, 6) is 1.14. The molecule has 1 rings (SSSR count). The van der Waals surface area contributed by atoms with E-state index >= 15 is 0 Å². The first-order chi connectivity index (χ1) is 9.63. The van der Waals surface area contributed by atoms with E-state index in [0.29, 0.717) is 6.42 Å². The van der Waals surface area contributed by atoms with Crippen LogP contribution >= 0.6 is 0 Å². The first kappa shape index (κ1) is 17.2. The summed E-state index contributed by atoms with van der Waals surface area (Å²) in [6.45, 7) is 4.14. The molecule has 1 saturated carbocycles. The lowest BCUT2D eigenvalue weighted by atomic mass is 9.93. The van der Waals surface area contributed by atoms with Crippen molar-refractivity contribution in [3.8, 4) is 0 Å². The summed E-state index contributed by atoms with van der Waals surface area (Å²) in [6.07, 6.45) is 12.2. The van der Waals surface area contributed by atoms with E-state index in [0.717, 1.165) is 44.3 Å². The van der Waals surface area contributed by atoms with E-state index in [2.05, 4.69) is 19.2 Å². The Morgan fingerprint density at radius 1 is 1.20 bits per heavy atom. The molecule has 0 radical (unpaired) electrons. The van der Waals surface area contributed by atoms with Crippen LogP contribution < -0.4 is 5.32 Å². The summed E-state index contributed by atoms with van der Waals surface area (Å²) >= 11 is 0. The number of hydrogen-bond donors (Lipinski definition) is 1. The second kappa shape index (κ2) is 9.95. The van der Waals surface area contributed by atoms with Crippen LogP contribution in [0.3, 0.4) is 0 Å². The predicted molar refractivity (Wildman–Crippen MR) is 82.5 cm³/mol. The molecule has 1 aliphatic carbocycles. The lowest BCUT2D eigenvalue weighted by Gasteiger charge is -2.19. The molecule has 1 aliphatic rings. The van der Waals surface area contributed by atoms with Crippen LogP contribution in [0.25, 0.3) is 0 Å². The minimum Gasteiger partial charge on any atom is -0.353 e. The van der Waals surface area contributed by atoms with Gasteiger partial charge in [-0.3, -0.25) is 4.79 Å². The van der Waals surface area contributed by atoms with Crippen molar-refractivity contribution in [3.05, 3.63) is 0 Å². The van der Waals surface area contributed by atoms with Gasteiger partial charge in [0.2, 0.25) is 5.91 Å². The SMILES string of the molecule is CC(CCCCCC=O)NC(=O)C(C)CC1CCCC1. The molecule has 116 valence electrons. The zero-order valence-corrected chi connectivity index (χ0v) is 13.2. The van der Waals surface area contributed by atoms with Crippen LogP contribution in [0, 0.1) is 11.8 Å². The van der Waals surface area contributed by atoms with Gasteiger partial charge in [0.25, 0.3) is 0 Å². The Morgan fingerprint density at radius 3 is 2.55 bits per heavy atom. The van der Waals surface area contributed by atoms with Gasteiger partial charge >= 0.3 is 0 Å². The molecule has 0 aliphatic heterocycles. The maximum absolute atomic E-state index is 12.1. The largest absolute Gasteiger partial charge is 0.353 e. The van der Waals surface area contributed by atoms with Crippen LogP contribution in [-0.2, 0) is 9.59 Å². The first-order valence-corrected chi connectivity index (χ1v) is 8.37. The molecule has 20 heavy (non-hydrogen) atoms. The second-order valence-electron chi connectivity index (χ2n) is 6.50. The Hall–Kier alpha value is -0.860. The van der Waals surface area contributed by atoms with Crippen LogP contribution in [-0.4, -0.2) is 18.2 Å². The molecular weight excluding hydrogens is 250 g/mol. The van der Waals surface area contributed by atoms with Gasteiger partial charge in [-0.25, -0.2) is 0 Å². The van der Waals surface area contributed by atoms with Gasteiger partial charge in [-0.1, -0.05) is 45.4 Å². The van der Waals surface area contributed by atoms with Gasteiger partial charge in [0.15, 0.2) is 0 Å². The molecule has 2 atom stereocenters. The number of aldehydes is 1. The quantitative estimate of drug-likeness (QED) is 0.488. The van der Waals surface area contributed by atoms with Gasteiger partial charge in [0.05, 0.1) is 0 Å². The number of rotatable bonds is 10. The molecule has 0 spiro atoms. The molecule has 3 heteroatoms. The zero-order chi connectivity index (χ0) is 14.8. The highest BCUT2D eigenvalue weighted by molar-refractivity contribution is 5.78. The lowest BCUT2D eigenvalue weighted by Crippen LogP contribution is -2.36. The maximum atomic E-state index is 12.1. The smallest absolute Gasteiger partial charge is 0.223 e. The van der Waals surface area contributed by atoms with E-state index in [1.54, 1.807) is 0 Å². The number of carbonyl (C=O) groups excluding carboxylic acids is 2. The highest BCUT2D eigenvalue weighted by Crippen LogP contribution is 2.30. The molecule has 0 saturated heterocycles. The second-order valence-corrected chi connectivity index (χ2v) is 6.50. The van der Waals surface area contributed by atoms with E-state index in [1.807, 2.05) is 0 Å². The third-order valence-corrected chi connectivity index (χ3v) is 4.46. The fourth-order valence-electron chi connectivity index (χ4n) is 3.17. The minimum absolute atomic E-state index is 0.149. The van der Waals surface area contributed by atoms with Crippen LogP contribution in [0.2, 0.25) is 0 Å². The fourth-order valence-corrected chi connectivity index (χ4v) is 3.17. The third-order valence-electron chi connectivity index (χ3n) is 4.46. The molecule has 0 aromatic carbocycles. The Bertz CT molecular complexity index is 285. The molecule has 1 amide bonds. The van der Waals surface area contributed by atoms with Crippen molar-refractivity contribution in [1.82, 2.24) is 5.32 Å². The van der Waals surface area contributed by atoms with Crippen molar-refractivity contribution in [2.45, 2.75) is 84.1 Å². The molecule has 1 fully saturated rings. The molecule has 0 heterocycles. The highest BCUT2D eigenvalue weighted by Gasteiger charge is 2.22. The number of unbranched alkanes of at least 4 members (excludes halogenated alkanes) is 3. The number of carbonyl (C=O) groups is 2. The first-order valence-electron chi connectivity index (χ1n) is 8.37. The molecule has 0 aromatic rings. The predicted octanol–water partition coefficient (Wildman–Crippen LogP) is 3.86. The average molecular weight is 281 g/mol. The van der Waals surface area contributed by atoms with E-state index in [4.69, 9.17) is 0 Å². The van der Waals surface area contributed by atoms with Crippen LogP contribution in [0.5, 0.6) is 0 Å². The normalized spacial score (nSPS) is 18.7. The van der Waals surface area contributed by atoms with Gasteiger partial charge in [0, 0.05) is 18.4 Å². The molecule has 0 aromatic heterocycles. The topological polar surface area (TPSA) is 46.2 Å². The molecular formula is C17H31NO2. The molecule has 3 nitrogen and oxygen atoms in total. The Labute approximate surface area is 123 Å². The van der Waals surface area contributed by atoms with E-state index < -0.39 is 0 Å². The number of hydrogen-bond acceptors (Lipinski definition) is 2. The summed E-state index contributed by atoms with van der Waals surface area (Å²) in [5, 5.41) is 3.14. The van der Waals surface area contributed by atoms with Gasteiger partial charge in [-0.05, 0) is 32.1 Å². The average Bonchev–Trinajstić information content (AvgIpc) is 2.91. The van der Waals surface area contributed by atoms with Crippen LogP contribution in [0.4, 0.5) is 0 Å². The number of amides is 1. The third kappa shape index (κ3) is 7.06. The summed E-state index contributed by atoms with van der Waals surface area (Å²) in [4.78, 5) is 22.3. The maximum Gasteiger partial charge on any atom is 0.223 e. The van der Waals surface area contributed by atoms with Crippen molar-refractivity contribution in [2.24, 2.45) is 11.8 Å². The van der Waals surface area contributed by atoms with E-state index in [1.165, 1.54) is 25.7 Å². The van der Waals surface area contributed by atoms with E-state index in [9.17, 15) is 9.59 Å². The van der Waals surface area contributed by atoms with Gasteiger partial charge < -0.3 is 10.1 Å². The molecule has 1 N–H and O–H groups in total. The van der Waals surface area contributed by atoms with E-state index in [-0.39, 0.29) is 17.9 Å². The van der Waals surface area contributed by atoms with Crippen molar-refractivity contribution in [1.29, 1.82) is 0 Å².